The first-order valence-corrected chi connectivity index (χ1v) is 7.10. The summed E-state index contributed by atoms with van der Waals surface area (Å²) in [6, 6.07) is 8.28. The minimum Gasteiger partial charge on any atom is -0.326 e. The van der Waals surface area contributed by atoms with Crippen LogP contribution in [0.1, 0.15) is 18.0 Å². The van der Waals surface area contributed by atoms with Gasteiger partial charge in [-0.25, -0.2) is 4.98 Å². The minimum atomic E-state index is 0.441. The lowest BCUT2D eigenvalue weighted by Crippen LogP contribution is -2.16. The Labute approximate surface area is 122 Å². The molecular formula is C16H15N5. The highest BCUT2D eigenvalue weighted by Crippen LogP contribution is 2.29. The summed E-state index contributed by atoms with van der Waals surface area (Å²) in [4.78, 5) is 11.3. The molecule has 2 aromatic heterocycles. The van der Waals surface area contributed by atoms with Crippen molar-refractivity contribution in [3.05, 3.63) is 36.3 Å². The van der Waals surface area contributed by atoms with Crippen molar-refractivity contribution in [2.45, 2.75) is 12.5 Å². The maximum Gasteiger partial charge on any atom is 0.107 e. The van der Waals surface area contributed by atoms with Crippen LogP contribution in [0.3, 0.4) is 0 Å². The molecule has 0 N–H and O–H groups in total. The van der Waals surface area contributed by atoms with Crippen molar-refractivity contribution in [3.8, 4) is 6.07 Å². The van der Waals surface area contributed by atoms with Crippen LogP contribution in [0.2, 0.25) is 0 Å². The minimum absolute atomic E-state index is 0.441. The highest BCUT2D eigenvalue weighted by molar-refractivity contribution is 6.02. The fraction of sp³-hybridized carbons (Fsp3) is 0.312. The molecule has 0 amide bonds. The van der Waals surface area contributed by atoms with E-state index in [2.05, 4.69) is 32.6 Å². The number of nitriles is 1. The van der Waals surface area contributed by atoms with Gasteiger partial charge in [-0.1, -0.05) is 0 Å². The van der Waals surface area contributed by atoms with Gasteiger partial charge >= 0.3 is 0 Å². The number of likely N-dealkylation sites (N-methyl/N-ethyl adjacent to an activating group) is 1. The van der Waals surface area contributed by atoms with Gasteiger partial charge in [-0.05, 0) is 38.2 Å². The zero-order chi connectivity index (χ0) is 14.4. The fourth-order valence-corrected chi connectivity index (χ4v) is 3.20. The van der Waals surface area contributed by atoms with Crippen molar-refractivity contribution >= 4 is 21.9 Å². The molecule has 0 aliphatic carbocycles. The molecule has 0 spiro atoms. The summed E-state index contributed by atoms with van der Waals surface area (Å²) in [6.07, 6.45) is 4.86. The van der Waals surface area contributed by atoms with Crippen LogP contribution < -0.4 is 0 Å². The average Bonchev–Trinajstić information content (AvgIpc) is 3.12. The maximum absolute atomic E-state index is 9.14. The van der Waals surface area contributed by atoms with Crippen molar-refractivity contribution in [3.63, 3.8) is 0 Å². The smallest absolute Gasteiger partial charge is 0.107 e. The summed E-state index contributed by atoms with van der Waals surface area (Å²) in [5.74, 6) is 0. The number of likely N-dealkylation sites (tertiary alicyclic amines) is 1. The first kappa shape index (κ1) is 12.3. The van der Waals surface area contributed by atoms with Gasteiger partial charge in [0.15, 0.2) is 0 Å². The van der Waals surface area contributed by atoms with E-state index in [0.717, 1.165) is 41.4 Å². The Morgan fingerprint density at radius 3 is 2.95 bits per heavy atom. The SMILES string of the molecule is CN1CC[C@@H](n2cnc3cnc4ccc(C#N)cc4c32)C1. The Bertz CT molecular complexity index is 873. The van der Waals surface area contributed by atoms with E-state index in [1.165, 1.54) is 0 Å². The van der Waals surface area contributed by atoms with E-state index >= 15 is 0 Å². The number of benzene rings is 1. The Morgan fingerprint density at radius 1 is 1.29 bits per heavy atom. The molecule has 1 aromatic carbocycles. The predicted molar refractivity (Wildman–Crippen MR) is 80.9 cm³/mol. The molecule has 1 atom stereocenters. The molecule has 1 aliphatic heterocycles. The highest BCUT2D eigenvalue weighted by atomic mass is 15.2. The van der Waals surface area contributed by atoms with Crippen molar-refractivity contribution in [2.24, 2.45) is 0 Å². The molecule has 104 valence electrons. The number of fused-ring (bicyclic) bond motifs is 3. The second kappa shape index (κ2) is 4.54. The van der Waals surface area contributed by atoms with Crippen LogP contribution in [0.25, 0.3) is 21.9 Å². The molecule has 0 unspecified atom stereocenters. The van der Waals surface area contributed by atoms with Crippen LogP contribution in [0, 0.1) is 11.3 Å². The number of aromatic nitrogens is 3. The van der Waals surface area contributed by atoms with E-state index in [1.54, 1.807) is 0 Å². The largest absolute Gasteiger partial charge is 0.326 e. The lowest BCUT2D eigenvalue weighted by atomic mass is 10.1. The molecule has 0 saturated carbocycles. The molecule has 0 bridgehead atoms. The Hall–Kier alpha value is -2.45. The third-order valence-corrected chi connectivity index (χ3v) is 4.29. The quantitative estimate of drug-likeness (QED) is 0.685. The monoisotopic (exact) mass is 277 g/mol. The van der Waals surface area contributed by atoms with Gasteiger partial charge in [0.1, 0.15) is 5.52 Å². The molecule has 0 radical (unpaired) electrons. The lowest BCUT2D eigenvalue weighted by Gasteiger charge is -2.14. The van der Waals surface area contributed by atoms with Crippen molar-refractivity contribution in [1.29, 1.82) is 5.26 Å². The van der Waals surface area contributed by atoms with Gasteiger partial charge in [-0.2, -0.15) is 5.26 Å². The van der Waals surface area contributed by atoms with Crippen LogP contribution in [-0.4, -0.2) is 39.6 Å². The normalized spacial score (nSPS) is 19.3. The summed E-state index contributed by atoms with van der Waals surface area (Å²) in [7, 11) is 2.15. The third kappa shape index (κ3) is 1.88. The number of imidazole rings is 1. The van der Waals surface area contributed by atoms with E-state index in [-0.39, 0.29) is 0 Å². The predicted octanol–water partition coefficient (Wildman–Crippen LogP) is 2.33. The number of pyridine rings is 1. The zero-order valence-electron chi connectivity index (χ0n) is 11.8. The first-order chi connectivity index (χ1) is 10.3. The van der Waals surface area contributed by atoms with Crippen LogP contribution in [0.5, 0.6) is 0 Å². The lowest BCUT2D eigenvalue weighted by molar-refractivity contribution is 0.395. The molecule has 3 heterocycles. The van der Waals surface area contributed by atoms with Crippen LogP contribution in [0.15, 0.2) is 30.7 Å². The molecule has 1 fully saturated rings. The summed E-state index contributed by atoms with van der Waals surface area (Å²) >= 11 is 0. The van der Waals surface area contributed by atoms with Gasteiger partial charge in [-0.15, -0.1) is 0 Å². The summed E-state index contributed by atoms with van der Waals surface area (Å²) in [5, 5.41) is 10.1. The second-order valence-corrected chi connectivity index (χ2v) is 5.69. The van der Waals surface area contributed by atoms with E-state index in [9.17, 15) is 0 Å². The van der Waals surface area contributed by atoms with Crippen molar-refractivity contribution in [2.75, 3.05) is 20.1 Å². The van der Waals surface area contributed by atoms with Gasteiger partial charge in [-0.3, -0.25) is 4.98 Å². The van der Waals surface area contributed by atoms with E-state index in [0.29, 0.717) is 11.6 Å². The highest BCUT2D eigenvalue weighted by Gasteiger charge is 2.23. The van der Waals surface area contributed by atoms with Gasteiger partial charge in [0.05, 0.1) is 35.2 Å². The standard InChI is InChI=1S/C16H15N5/c1-20-5-4-12(9-20)21-10-19-15-8-18-14-3-2-11(7-17)6-13(14)16(15)21/h2-3,6,8,10,12H,4-5,9H2,1H3/t12-/m1/s1. The Morgan fingerprint density at radius 2 is 2.19 bits per heavy atom. The molecule has 21 heavy (non-hydrogen) atoms. The Balaban J connectivity index is 2.00. The molecule has 5 nitrogen and oxygen atoms in total. The summed E-state index contributed by atoms with van der Waals surface area (Å²) in [6.45, 7) is 2.14. The van der Waals surface area contributed by atoms with E-state index in [1.807, 2.05) is 30.7 Å². The molecular weight excluding hydrogens is 262 g/mol. The number of rotatable bonds is 1. The van der Waals surface area contributed by atoms with Crippen LogP contribution >= 0.6 is 0 Å². The number of hydrogen-bond donors (Lipinski definition) is 0. The van der Waals surface area contributed by atoms with E-state index in [4.69, 9.17) is 5.26 Å². The molecule has 4 rings (SSSR count). The second-order valence-electron chi connectivity index (χ2n) is 5.69. The van der Waals surface area contributed by atoms with Gasteiger partial charge in [0, 0.05) is 18.0 Å². The van der Waals surface area contributed by atoms with E-state index < -0.39 is 0 Å². The average molecular weight is 277 g/mol. The Kier molecular flexibility index (Phi) is 2.66. The van der Waals surface area contributed by atoms with Gasteiger partial charge in [0.25, 0.3) is 0 Å². The fourth-order valence-electron chi connectivity index (χ4n) is 3.20. The van der Waals surface area contributed by atoms with Gasteiger partial charge < -0.3 is 9.47 Å². The topological polar surface area (TPSA) is 57.7 Å². The summed E-state index contributed by atoms with van der Waals surface area (Å²) in [5.41, 5.74) is 3.56. The molecule has 3 aromatic rings. The van der Waals surface area contributed by atoms with Crippen LogP contribution in [-0.2, 0) is 0 Å². The first-order valence-electron chi connectivity index (χ1n) is 7.10. The summed E-state index contributed by atoms with van der Waals surface area (Å²) < 4.78 is 2.25. The number of hydrogen-bond acceptors (Lipinski definition) is 4. The zero-order valence-corrected chi connectivity index (χ0v) is 11.8. The molecule has 1 aliphatic rings. The molecule has 5 heteroatoms. The maximum atomic E-state index is 9.14. The molecule has 1 saturated heterocycles. The van der Waals surface area contributed by atoms with Crippen molar-refractivity contribution in [1.82, 2.24) is 19.4 Å². The third-order valence-electron chi connectivity index (χ3n) is 4.29. The van der Waals surface area contributed by atoms with Crippen LogP contribution in [0.4, 0.5) is 0 Å². The number of nitrogens with zero attached hydrogens (tertiary/aromatic N) is 5. The van der Waals surface area contributed by atoms with Gasteiger partial charge in [0.2, 0.25) is 0 Å². The van der Waals surface area contributed by atoms with Crippen molar-refractivity contribution < 1.29 is 0 Å².